The fraction of sp³-hybridized carbons (Fsp3) is 0. The number of anilines is 6. The predicted molar refractivity (Wildman–Crippen MR) is 208 cm³/mol. The first-order valence-corrected chi connectivity index (χ1v) is 16.8. The van der Waals surface area contributed by atoms with Crippen molar-refractivity contribution in [1.29, 1.82) is 0 Å². The van der Waals surface area contributed by atoms with Crippen molar-refractivity contribution >= 4 is 88.8 Å². The van der Waals surface area contributed by atoms with Crippen LogP contribution in [0.1, 0.15) is 0 Å². The number of hydrogen-bond acceptors (Lipinski definition) is 4. The van der Waals surface area contributed by atoms with E-state index in [-0.39, 0.29) is 0 Å². The first-order chi connectivity index (χ1) is 24.8. The normalized spacial score (nSPS) is 11.6. The van der Waals surface area contributed by atoms with Gasteiger partial charge in [0.1, 0.15) is 22.3 Å². The molecule has 10 aromatic rings. The number of rotatable bonds is 6. The van der Waals surface area contributed by atoms with Gasteiger partial charge in [0, 0.05) is 33.9 Å². The van der Waals surface area contributed by atoms with E-state index in [1.54, 1.807) is 0 Å². The van der Waals surface area contributed by atoms with Gasteiger partial charge in [0.25, 0.3) is 0 Å². The third-order valence-corrected chi connectivity index (χ3v) is 9.57. The highest BCUT2D eigenvalue weighted by Crippen LogP contribution is 2.49. The number of furan rings is 2. The van der Waals surface area contributed by atoms with Crippen molar-refractivity contribution in [1.82, 2.24) is 0 Å². The van der Waals surface area contributed by atoms with Crippen LogP contribution in [0.3, 0.4) is 0 Å². The van der Waals surface area contributed by atoms with Crippen LogP contribution in [0.5, 0.6) is 0 Å². The number of hydrogen-bond donors (Lipinski definition) is 0. The minimum absolute atomic E-state index is 0.810. The summed E-state index contributed by atoms with van der Waals surface area (Å²) in [6.07, 6.45) is 0. The van der Waals surface area contributed by atoms with E-state index in [1.807, 2.05) is 18.2 Å². The van der Waals surface area contributed by atoms with E-state index in [1.165, 1.54) is 5.39 Å². The van der Waals surface area contributed by atoms with Gasteiger partial charge in [-0.05, 0) is 83.6 Å². The van der Waals surface area contributed by atoms with E-state index >= 15 is 0 Å². The molecule has 0 unspecified atom stereocenters. The summed E-state index contributed by atoms with van der Waals surface area (Å²) in [6, 6.07) is 63.6. The molecule has 50 heavy (non-hydrogen) atoms. The van der Waals surface area contributed by atoms with Crippen molar-refractivity contribution in [2.45, 2.75) is 0 Å². The first kappa shape index (κ1) is 28.3. The molecule has 10 rings (SSSR count). The summed E-state index contributed by atoms with van der Waals surface area (Å²) >= 11 is 0. The van der Waals surface area contributed by atoms with Gasteiger partial charge in [-0.3, -0.25) is 0 Å². The van der Waals surface area contributed by atoms with Crippen molar-refractivity contribution in [3.63, 3.8) is 0 Å². The van der Waals surface area contributed by atoms with E-state index in [4.69, 9.17) is 8.83 Å². The number of nitrogens with zero attached hydrogens (tertiary/aromatic N) is 2. The quantitative estimate of drug-likeness (QED) is 0.181. The lowest BCUT2D eigenvalue weighted by atomic mass is 10.0. The summed E-state index contributed by atoms with van der Waals surface area (Å²) in [6.45, 7) is 0. The van der Waals surface area contributed by atoms with Gasteiger partial charge in [0.05, 0.1) is 27.8 Å². The molecular formula is C46H30N2O2. The Balaban J connectivity index is 1.33. The molecular weight excluding hydrogens is 613 g/mol. The average Bonchev–Trinajstić information content (AvgIpc) is 3.74. The average molecular weight is 643 g/mol. The second-order valence-corrected chi connectivity index (χ2v) is 12.6. The number of para-hydroxylation sites is 4. The molecule has 2 heterocycles. The second kappa shape index (κ2) is 11.4. The lowest BCUT2D eigenvalue weighted by Crippen LogP contribution is -2.13. The Hall–Kier alpha value is -6.78. The summed E-state index contributed by atoms with van der Waals surface area (Å²) in [4.78, 5) is 4.66. The summed E-state index contributed by atoms with van der Waals surface area (Å²) < 4.78 is 13.2. The van der Waals surface area contributed by atoms with E-state index < -0.39 is 0 Å². The van der Waals surface area contributed by atoms with Crippen molar-refractivity contribution in [2.24, 2.45) is 0 Å². The third-order valence-electron chi connectivity index (χ3n) is 9.57. The van der Waals surface area contributed by atoms with Gasteiger partial charge in [-0.15, -0.1) is 0 Å². The topological polar surface area (TPSA) is 32.8 Å². The monoisotopic (exact) mass is 642 g/mol. The smallest absolute Gasteiger partial charge is 0.139 e. The van der Waals surface area contributed by atoms with Gasteiger partial charge in [-0.25, -0.2) is 0 Å². The van der Waals surface area contributed by atoms with E-state index in [0.29, 0.717) is 0 Å². The molecule has 0 fully saturated rings. The molecule has 0 N–H and O–H groups in total. The minimum Gasteiger partial charge on any atom is -0.456 e. The lowest BCUT2D eigenvalue weighted by Gasteiger charge is -2.30. The van der Waals surface area contributed by atoms with Crippen LogP contribution < -0.4 is 9.80 Å². The maximum absolute atomic E-state index is 6.86. The molecule has 0 aliphatic heterocycles. The summed E-state index contributed by atoms with van der Waals surface area (Å²) in [5, 5.41) is 6.59. The standard InChI is InChI=1S/C46H30N2O2/c1-4-17-33(18-5-1)47(34-19-6-2-7-20-34)40-29-36(30-44-46(40)38-27-31-15-10-11-16-32(31)28-43(38)50-44)48(35-21-8-3-9-22-35)39-24-14-26-42-45(39)37-23-12-13-25-41(37)49-42/h1-30H. The Bertz CT molecular complexity index is 2780. The molecule has 0 amide bonds. The highest BCUT2D eigenvalue weighted by Gasteiger charge is 2.25. The summed E-state index contributed by atoms with van der Waals surface area (Å²) in [5.74, 6) is 0. The van der Waals surface area contributed by atoms with Crippen molar-refractivity contribution in [3.8, 4) is 0 Å². The number of fused-ring (bicyclic) bond motifs is 7. The van der Waals surface area contributed by atoms with Gasteiger partial charge in [-0.1, -0.05) is 103 Å². The van der Waals surface area contributed by atoms with Crippen molar-refractivity contribution in [2.75, 3.05) is 9.80 Å². The zero-order chi connectivity index (χ0) is 33.0. The molecule has 4 heteroatoms. The highest BCUT2D eigenvalue weighted by atomic mass is 16.3. The Labute approximate surface area is 288 Å². The summed E-state index contributed by atoms with van der Waals surface area (Å²) in [5.41, 5.74) is 9.53. The predicted octanol–water partition coefficient (Wildman–Crippen LogP) is 13.6. The molecule has 0 aliphatic rings. The van der Waals surface area contributed by atoms with Crippen LogP contribution in [0, 0.1) is 0 Å². The molecule has 0 saturated heterocycles. The van der Waals surface area contributed by atoms with Gasteiger partial charge < -0.3 is 18.6 Å². The fourth-order valence-corrected chi connectivity index (χ4v) is 7.39. The zero-order valence-corrected chi connectivity index (χ0v) is 27.0. The van der Waals surface area contributed by atoms with Crippen LogP contribution >= 0.6 is 0 Å². The van der Waals surface area contributed by atoms with E-state index in [9.17, 15) is 0 Å². The van der Waals surface area contributed by atoms with Crippen LogP contribution in [-0.4, -0.2) is 0 Å². The molecule has 0 saturated carbocycles. The minimum atomic E-state index is 0.810. The molecule has 0 radical (unpaired) electrons. The molecule has 0 bridgehead atoms. The summed E-state index contributed by atoms with van der Waals surface area (Å²) in [7, 11) is 0. The fourth-order valence-electron chi connectivity index (χ4n) is 7.39. The lowest BCUT2D eigenvalue weighted by molar-refractivity contribution is 0.669. The third kappa shape index (κ3) is 4.54. The van der Waals surface area contributed by atoms with Gasteiger partial charge in [0.2, 0.25) is 0 Å². The van der Waals surface area contributed by atoms with Crippen LogP contribution in [0.4, 0.5) is 34.1 Å². The Morgan fingerprint density at radius 2 is 0.820 bits per heavy atom. The van der Waals surface area contributed by atoms with Gasteiger partial charge in [-0.2, -0.15) is 0 Å². The van der Waals surface area contributed by atoms with Crippen LogP contribution in [0.15, 0.2) is 191 Å². The van der Waals surface area contributed by atoms with E-state index in [2.05, 4.69) is 174 Å². The molecule has 2 aromatic heterocycles. The highest BCUT2D eigenvalue weighted by molar-refractivity contribution is 6.18. The molecule has 8 aromatic carbocycles. The second-order valence-electron chi connectivity index (χ2n) is 12.6. The Kier molecular flexibility index (Phi) is 6.46. The molecule has 0 spiro atoms. The first-order valence-electron chi connectivity index (χ1n) is 16.8. The van der Waals surface area contributed by atoms with E-state index in [0.717, 1.165) is 83.4 Å². The molecule has 0 atom stereocenters. The molecule has 236 valence electrons. The van der Waals surface area contributed by atoms with Crippen molar-refractivity contribution < 1.29 is 8.83 Å². The maximum atomic E-state index is 6.86. The SMILES string of the molecule is c1ccc(N(c2cc(N(c3ccccc3)c3ccccc3)c3c(c2)oc2cc4ccccc4cc23)c2cccc3oc4ccccc4c23)cc1. The molecule has 4 nitrogen and oxygen atoms in total. The Morgan fingerprint density at radius 3 is 1.50 bits per heavy atom. The largest absolute Gasteiger partial charge is 0.456 e. The van der Waals surface area contributed by atoms with Crippen molar-refractivity contribution in [3.05, 3.63) is 182 Å². The van der Waals surface area contributed by atoms with Gasteiger partial charge in [0.15, 0.2) is 0 Å². The number of benzene rings is 8. The van der Waals surface area contributed by atoms with Crippen LogP contribution in [0.2, 0.25) is 0 Å². The zero-order valence-electron chi connectivity index (χ0n) is 27.0. The molecule has 0 aliphatic carbocycles. The van der Waals surface area contributed by atoms with Crippen LogP contribution in [0.25, 0.3) is 54.6 Å². The van der Waals surface area contributed by atoms with Gasteiger partial charge >= 0.3 is 0 Å². The van der Waals surface area contributed by atoms with Crippen LogP contribution in [-0.2, 0) is 0 Å². The Morgan fingerprint density at radius 1 is 0.300 bits per heavy atom. The maximum Gasteiger partial charge on any atom is 0.139 e.